The van der Waals surface area contributed by atoms with E-state index in [1.54, 1.807) is 6.92 Å². The van der Waals surface area contributed by atoms with Crippen molar-refractivity contribution in [3.63, 3.8) is 0 Å². The Balaban J connectivity index is 1.94. The van der Waals surface area contributed by atoms with E-state index in [2.05, 4.69) is 9.97 Å². The minimum atomic E-state index is -0.555. The van der Waals surface area contributed by atoms with Crippen LogP contribution in [0.3, 0.4) is 0 Å². The Morgan fingerprint density at radius 1 is 1.33 bits per heavy atom. The molecular formula is C19H16ClN3O6S. The van der Waals surface area contributed by atoms with E-state index < -0.39 is 16.5 Å². The van der Waals surface area contributed by atoms with Crippen LogP contribution in [0.4, 0.5) is 5.69 Å². The lowest BCUT2D eigenvalue weighted by atomic mass is 10.2. The molecule has 0 saturated heterocycles. The normalized spacial score (nSPS) is 11.6. The molecule has 11 heteroatoms. The molecule has 30 heavy (non-hydrogen) atoms. The first-order valence-electron chi connectivity index (χ1n) is 8.63. The number of nitrogens with zero attached hydrogens (tertiary/aromatic N) is 2. The maximum atomic E-state index is 12.6. The van der Waals surface area contributed by atoms with E-state index in [1.165, 1.54) is 37.5 Å². The van der Waals surface area contributed by atoms with Gasteiger partial charge in [0.25, 0.3) is 11.2 Å². The van der Waals surface area contributed by atoms with Crippen molar-refractivity contribution < 1.29 is 19.2 Å². The molecule has 0 amide bonds. The van der Waals surface area contributed by atoms with Crippen LogP contribution in [0.25, 0.3) is 21.3 Å². The van der Waals surface area contributed by atoms with Crippen LogP contribution in [0, 0.1) is 17.0 Å². The fourth-order valence-electron chi connectivity index (χ4n) is 2.64. The molecule has 2 aromatic heterocycles. The van der Waals surface area contributed by atoms with Crippen molar-refractivity contribution in [3.8, 4) is 0 Å². The summed E-state index contributed by atoms with van der Waals surface area (Å²) >= 11 is 7.34. The number of nitro groups is 1. The standard InChI is InChI=1S/C19H16ClN3O6S/c1-10-14-17(24)21-16(13(20)9-11-3-5-12(6-4-11)23(26)27)22-18(14)30-15(10)19(25)29-8-7-28-2/h3-6,9H,7-8H2,1-2H3,(H,21,22,24)/b13-9-. The second kappa shape index (κ2) is 9.16. The molecule has 3 aromatic rings. The number of methoxy groups -OCH3 is 1. The summed E-state index contributed by atoms with van der Waals surface area (Å²) in [5.41, 5.74) is 0.594. The Labute approximate surface area is 179 Å². The van der Waals surface area contributed by atoms with Crippen LogP contribution in [0.15, 0.2) is 29.1 Å². The largest absolute Gasteiger partial charge is 0.459 e. The Bertz CT molecular complexity index is 1200. The third-order valence-corrected chi connectivity index (χ3v) is 5.58. The molecule has 3 rings (SSSR count). The Kier molecular flexibility index (Phi) is 6.60. The molecule has 0 aliphatic rings. The summed E-state index contributed by atoms with van der Waals surface area (Å²) in [6.07, 6.45) is 1.52. The van der Waals surface area contributed by atoms with Crippen molar-refractivity contribution in [3.05, 3.63) is 66.6 Å². The number of H-pyrrole nitrogens is 1. The van der Waals surface area contributed by atoms with Crippen LogP contribution in [0.2, 0.25) is 0 Å². The van der Waals surface area contributed by atoms with Crippen LogP contribution < -0.4 is 5.56 Å². The summed E-state index contributed by atoms with van der Waals surface area (Å²) in [7, 11) is 1.50. The quantitative estimate of drug-likeness (QED) is 0.252. The molecule has 0 bridgehead atoms. The fraction of sp³-hybridized carbons (Fsp3) is 0.211. The Morgan fingerprint density at radius 2 is 2.03 bits per heavy atom. The lowest BCUT2D eigenvalue weighted by Gasteiger charge is -2.02. The highest BCUT2D eigenvalue weighted by Crippen LogP contribution is 2.29. The molecule has 9 nitrogen and oxygen atoms in total. The number of hydrogen-bond donors (Lipinski definition) is 1. The van der Waals surface area contributed by atoms with E-state index >= 15 is 0 Å². The molecule has 156 valence electrons. The number of aromatic amines is 1. The number of rotatable bonds is 7. The average Bonchev–Trinajstić information content (AvgIpc) is 3.05. The SMILES string of the molecule is COCCOC(=O)c1sc2nc(/C(Cl)=C/c3ccc([N+](=O)[O-])cc3)[nH]c(=O)c2c1C. The van der Waals surface area contributed by atoms with Gasteiger partial charge in [0.05, 0.1) is 21.9 Å². The molecular weight excluding hydrogens is 434 g/mol. The van der Waals surface area contributed by atoms with Crippen LogP contribution in [0.5, 0.6) is 0 Å². The summed E-state index contributed by atoms with van der Waals surface area (Å²) < 4.78 is 9.97. The number of esters is 1. The fourth-order valence-corrected chi connectivity index (χ4v) is 3.93. The number of carbonyl (C=O) groups excluding carboxylic acids is 1. The predicted octanol–water partition coefficient (Wildman–Crippen LogP) is 3.74. The van der Waals surface area contributed by atoms with Gasteiger partial charge in [-0.3, -0.25) is 14.9 Å². The van der Waals surface area contributed by atoms with Gasteiger partial charge >= 0.3 is 5.97 Å². The summed E-state index contributed by atoms with van der Waals surface area (Å²) in [5, 5.41) is 11.2. The lowest BCUT2D eigenvalue weighted by molar-refractivity contribution is -0.384. The number of ether oxygens (including phenoxy) is 2. The maximum Gasteiger partial charge on any atom is 0.348 e. The number of carbonyl (C=O) groups is 1. The van der Waals surface area contributed by atoms with Crippen molar-refractivity contribution in [1.82, 2.24) is 9.97 Å². The minimum absolute atomic E-state index is 0.0461. The number of non-ortho nitro benzene ring substituents is 1. The van der Waals surface area contributed by atoms with E-state index in [9.17, 15) is 19.7 Å². The van der Waals surface area contributed by atoms with E-state index in [-0.39, 0.29) is 34.6 Å². The average molecular weight is 450 g/mol. The number of thiophene rings is 1. The van der Waals surface area contributed by atoms with Crippen molar-refractivity contribution in [1.29, 1.82) is 0 Å². The number of halogens is 1. The third-order valence-electron chi connectivity index (χ3n) is 4.13. The monoisotopic (exact) mass is 449 g/mol. The van der Waals surface area contributed by atoms with Crippen molar-refractivity contribution in [2.24, 2.45) is 0 Å². The smallest absolute Gasteiger partial charge is 0.348 e. The number of aryl methyl sites for hydroxylation is 1. The van der Waals surface area contributed by atoms with Gasteiger partial charge in [-0.05, 0) is 36.3 Å². The van der Waals surface area contributed by atoms with Gasteiger partial charge in [0.15, 0.2) is 5.82 Å². The molecule has 2 heterocycles. The molecule has 0 unspecified atom stereocenters. The minimum Gasteiger partial charge on any atom is -0.459 e. The Morgan fingerprint density at radius 3 is 2.67 bits per heavy atom. The summed E-state index contributed by atoms with van der Waals surface area (Å²) in [5.74, 6) is -0.436. The van der Waals surface area contributed by atoms with E-state index in [1.807, 2.05) is 0 Å². The van der Waals surface area contributed by atoms with Gasteiger partial charge < -0.3 is 14.5 Å². The van der Waals surface area contributed by atoms with Crippen molar-refractivity contribution in [2.75, 3.05) is 20.3 Å². The number of benzene rings is 1. The molecule has 1 N–H and O–H groups in total. The number of nitrogens with one attached hydrogen (secondary N) is 1. The first-order valence-corrected chi connectivity index (χ1v) is 9.82. The highest BCUT2D eigenvalue weighted by molar-refractivity contribution is 7.20. The van der Waals surface area contributed by atoms with Gasteiger partial charge in [-0.2, -0.15) is 0 Å². The van der Waals surface area contributed by atoms with Gasteiger partial charge in [-0.1, -0.05) is 11.6 Å². The molecule has 0 fully saturated rings. The van der Waals surface area contributed by atoms with E-state index in [0.717, 1.165) is 11.3 Å². The molecule has 1 aromatic carbocycles. The Hall–Kier alpha value is -3.08. The first kappa shape index (κ1) is 21.6. The highest BCUT2D eigenvalue weighted by Gasteiger charge is 2.21. The number of hydrogen-bond acceptors (Lipinski definition) is 8. The molecule has 0 saturated carbocycles. The topological polar surface area (TPSA) is 124 Å². The van der Waals surface area contributed by atoms with Crippen LogP contribution >= 0.6 is 22.9 Å². The van der Waals surface area contributed by atoms with E-state index in [0.29, 0.717) is 21.3 Å². The van der Waals surface area contributed by atoms with Crippen molar-refractivity contribution in [2.45, 2.75) is 6.92 Å². The third kappa shape index (κ3) is 4.56. The highest BCUT2D eigenvalue weighted by atomic mass is 35.5. The second-order valence-corrected chi connectivity index (χ2v) is 7.53. The van der Waals surface area contributed by atoms with Gasteiger partial charge in [0.2, 0.25) is 0 Å². The van der Waals surface area contributed by atoms with E-state index in [4.69, 9.17) is 21.1 Å². The molecule has 0 atom stereocenters. The first-order chi connectivity index (χ1) is 14.3. The second-order valence-electron chi connectivity index (χ2n) is 6.12. The number of aromatic nitrogens is 2. The van der Waals surface area contributed by atoms with Gasteiger partial charge in [0.1, 0.15) is 16.3 Å². The van der Waals surface area contributed by atoms with Crippen LogP contribution in [0.1, 0.15) is 26.6 Å². The van der Waals surface area contributed by atoms with Crippen LogP contribution in [-0.4, -0.2) is 41.2 Å². The zero-order valence-corrected chi connectivity index (χ0v) is 17.5. The predicted molar refractivity (Wildman–Crippen MR) is 114 cm³/mol. The maximum absolute atomic E-state index is 12.6. The molecule has 0 aliphatic carbocycles. The van der Waals surface area contributed by atoms with Gasteiger partial charge in [0, 0.05) is 19.2 Å². The zero-order valence-electron chi connectivity index (χ0n) is 15.9. The van der Waals surface area contributed by atoms with Crippen LogP contribution in [-0.2, 0) is 9.47 Å². The molecule has 0 radical (unpaired) electrons. The number of nitro benzene ring substituents is 1. The number of fused-ring (bicyclic) bond motifs is 1. The summed E-state index contributed by atoms with van der Waals surface area (Å²) in [6.45, 7) is 2.01. The lowest BCUT2D eigenvalue weighted by Crippen LogP contribution is -2.11. The van der Waals surface area contributed by atoms with Gasteiger partial charge in [-0.15, -0.1) is 11.3 Å². The summed E-state index contributed by atoms with van der Waals surface area (Å²) in [6, 6.07) is 5.75. The molecule has 0 spiro atoms. The zero-order chi connectivity index (χ0) is 21.8. The van der Waals surface area contributed by atoms with Gasteiger partial charge in [-0.25, -0.2) is 9.78 Å². The van der Waals surface area contributed by atoms with Crippen molar-refractivity contribution >= 4 is 55.9 Å². The summed E-state index contributed by atoms with van der Waals surface area (Å²) in [4.78, 5) is 42.7. The molecule has 0 aliphatic heterocycles.